The molecule has 0 aliphatic carbocycles. The van der Waals surface area contributed by atoms with Crippen molar-refractivity contribution in [3.8, 4) is 11.3 Å². The van der Waals surface area contributed by atoms with Gasteiger partial charge in [-0.3, -0.25) is 4.79 Å². The van der Waals surface area contributed by atoms with Gasteiger partial charge >= 0.3 is 0 Å². The minimum absolute atomic E-state index is 0.148. The van der Waals surface area contributed by atoms with Gasteiger partial charge < -0.3 is 14.8 Å². The average molecular weight is 438 g/mol. The van der Waals surface area contributed by atoms with E-state index in [0.29, 0.717) is 32.6 Å². The highest BCUT2D eigenvalue weighted by Gasteiger charge is 2.19. The number of hydrogen-bond donors (Lipinski definition) is 2. The molecule has 1 aromatic heterocycles. The van der Waals surface area contributed by atoms with Crippen LogP contribution in [0.25, 0.3) is 11.3 Å². The van der Waals surface area contributed by atoms with Crippen molar-refractivity contribution in [1.82, 2.24) is 0 Å². The predicted octanol–water partition coefficient (Wildman–Crippen LogP) is 6.59. The van der Waals surface area contributed by atoms with E-state index in [0.717, 1.165) is 5.56 Å². The highest BCUT2D eigenvalue weighted by atomic mass is 35.5. The van der Waals surface area contributed by atoms with Crippen LogP contribution in [0, 0.1) is 0 Å². The number of nitrogens with one attached hydrogen (secondary N) is 1. The summed E-state index contributed by atoms with van der Waals surface area (Å²) >= 11 is 12.0. The van der Waals surface area contributed by atoms with Crippen LogP contribution in [0.3, 0.4) is 0 Å². The van der Waals surface area contributed by atoms with Crippen LogP contribution in [-0.4, -0.2) is 11.0 Å². The second kappa shape index (κ2) is 8.76. The molecule has 1 atom stereocenters. The zero-order valence-corrected chi connectivity index (χ0v) is 17.2. The Kier molecular flexibility index (Phi) is 5.91. The lowest BCUT2D eigenvalue weighted by Gasteiger charge is -2.17. The molecule has 4 aromatic rings. The maximum atomic E-state index is 12.8. The second-order valence-corrected chi connectivity index (χ2v) is 7.54. The lowest BCUT2D eigenvalue weighted by Crippen LogP contribution is -2.14. The number of hydrogen-bond acceptors (Lipinski definition) is 3. The van der Waals surface area contributed by atoms with Crippen LogP contribution in [0.5, 0.6) is 0 Å². The molecule has 1 heterocycles. The zero-order valence-electron chi connectivity index (χ0n) is 15.7. The summed E-state index contributed by atoms with van der Waals surface area (Å²) in [4.78, 5) is 12.8. The Hall–Kier alpha value is -3.05. The molecule has 1 unspecified atom stereocenters. The number of aliphatic hydroxyl groups excluding tert-OH is 1. The molecule has 30 heavy (non-hydrogen) atoms. The normalized spacial score (nSPS) is 11.8. The average Bonchev–Trinajstić information content (AvgIpc) is 3.26. The van der Waals surface area contributed by atoms with Crippen molar-refractivity contribution >= 4 is 34.8 Å². The minimum atomic E-state index is -0.943. The van der Waals surface area contributed by atoms with Crippen LogP contribution in [0.15, 0.2) is 89.3 Å². The smallest absolute Gasteiger partial charge is 0.291 e. The van der Waals surface area contributed by atoms with Gasteiger partial charge in [0.2, 0.25) is 0 Å². The van der Waals surface area contributed by atoms with Gasteiger partial charge in [-0.1, -0.05) is 53.5 Å². The van der Waals surface area contributed by atoms with E-state index in [9.17, 15) is 9.90 Å². The number of halogens is 2. The lowest BCUT2D eigenvalue weighted by atomic mass is 10.00. The number of aliphatic hydroxyl groups is 1. The van der Waals surface area contributed by atoms with Gasteiger partial charge in [0.25, 0.3) is 5.91 Å². The molecule has 4 nitrogen and oxygen atoms in total. The van der Waals surface area contributed by atoms with Gasteiger partial charge in [0.15, 0.2) is 5.76 Å². The van der Waals surface area contributed by atoms with Gasteiger partial charge in [-0.15, -0.1) is 0 Å². The highest BCUT2D eigenvalue weighted by molar-refractivity contribution is 6.31. The van der Waals surface area contributed by atoms with Gasteiger partial charge in [-0.05, 0) is 60.2 Å². The predicted molar refractivity (Wildman–Crippen MR) is 119 cm³/mol. The van der Waals surface area contributed by atoms with E-state index in [1.807, 2.05) is 42.5 Å². The third kappa shape index (κ3) is 4.41. The molecule has 4 rings (SSSR count). The summed E-state index contributed by atoms with van der Waals surface area (Å²) in [5, 5.41) is 14.7. The molecule has 0 spiro atoms. The molecule has 0 aliphatic heterocycles. The number of amides is 1. The van der Waals surface area contributed by atoms with Crippen molar-refractivity contribution in [2.75, 3.05) is 5.32 Å². The van der Waals surface area contributed by atoms with E-state index in [-0.39, 0.29) is 5.76 Å². The van der Waals surface area contributed by atoms with Crippen molar-refractivity contribution in [3.63, 3.8) is 0 Å². The Morgan fingerprint density at radius 3 is 2.30 bits per heavy atom. The van der Waals surface area contributed by atoms with E-state index >= 15 is 0 Å². The SMILES string of the molecule is O=C(Nc1ccc(Cl)cc1C(O)c1ccccc1)c1ccc(-c2ccc(Cl)cc2)o1. The third-order valence-corrected chi connectivity index (χ3v) is 5.12. The number of carbonyl (C=O) groups is 1. The van der Waals surface area contributed by atoms with Crippen LogP contribution in [0.1, 0.15) is 27.8 Å². The fourth-order valence-electron chi connectivity index (χ4n) is 3.10. The summed E-state index contributed by atoms with van der Waals surface area (Å²) in [6, 6.07) is 24.6. The summed E-state index contributed by atoms with van der Waals surface area (Å²) in [5.41, 5.74) is 2.44. The number of furan rings is 1. The number of benzene rings is 3. The van der Waals surface area contributed by atoms with Gasteiger partial charge in [0, 0.05) is 26.9 Å². The van der Waals surface area contributed by atoms with Crippen molar-refractivity contribution in [3.05, 3.63) is 112 Å². The first kappa shape index (κ1) is 20.2. The molecule has 150 valence electrons. The first-order valence-corrected chi connectivity index (χ1v) is 9.96. The minimum Gasteiger partial charge on any atom is -0.451 e. The van der Waals surface area contributed by atoms with Gasteiger partial charge in [0.1, 0.15) is 11.9 Å². The molecular weight excluding hydrogens is 421 g/mol. The molecule has 2 N–H and O–H groups in total. The summed E-state index contributed by atoms with van der Waals surface area (Å²) < 4.78 is 5.71. The number of rotatable bonds is 5. The first-order valence-electron chi connectivity index (χ1n) is 9.21. The van der Waals surface area contributed by atoms with E-state index in [1.54, 1.807) is 42.5 Å². The molecule has 3 aromatic carbocycles. The number of carbonyl (C=O) groups excluding carboxylic acids is 1. The Morgan fingerprint density at radius 2 is 1.57 bits per heavy atom. The maximum absolute atomic E-state index is 12.8. The quantitative estimate of drug-likeness (QED) is 0.370. The zero-order chi connectivity index (χ0) is 21.1. The maximum Gasteiger partial charge on any atom is 0.291 e. The molecule has 6 heteroatoms. The highest BCUT2D eigenvalue weighted by Crippen LogP contribution is 2.31. The molecule has 0 radical (unpaired) electrons. The topological polar surface area (TPSA) is 62.5 Å². The molecular formula is C24H17Cl2NO3. The Bertz CT molecular complexity index is 1170. The van der Waals surface area contributed by atoms with E-state index < -0.39 is 12.0 Å². The molecule has 0 saturated carbocycles. The Labute approximate surface area is 183 Å². The summed E-state index contributed by atoms with van der Waals surface area (Å²) in [6.07, 6.45) is -0.943. The first-order chi connectivity index (χ1) is 14.5. The molecule has 0 saturated heterocycles. The molecule has 0 bridgehead atoms. The Morgan fingerprint density at radius 1 is 0.867 bits per heavy atom. The van der Waals surface area contributed by atoms with Crippen molar-refractivity contribution in [1.29, 1.82) is 0 Å². The van der Waals surface area contributed by atoms with Crippen LogP contribution in [-0.2, 0) is 0 Å². The number of anilines is 1. The van der Waals surface area contributed by atoms with E-state index in [1.165, 1.54) is 0 Å². The van der Waals surface area contributed by atoms with Crippen LogP contribution >= 0.6 is 23.2 Å². The Balaban J connectivity index is 1.59. The summed E-state index contributed by atoms with van der Waals surface area (Å²) in [6.45, 7) is 0. The fraction of sp³-hybridized carbons (Fsp3) is 0.0417. The third-order valence-electron chi connectivity index (χ3n) is 4.63. The van der Waals surface area contributed by atoms with Gasteiger partial charge in [-0.25, -0.2) is 0 Å². The van der Waals surface area contributed by atoms with Crippen LogP contribution < -0.4 is 5.32 Å². The largest absolute Gasteiger partial charge is 0.451 e. The van der Waals surface area contributed by atoms with Crippen molar-refractivity contribution in [2.45, 2.75) is 6.10 Å². The standard InChI is InChI=1S/C24H17Cl2NO3/c25-17-8-6-15(7-9-17)21-12-13-22(30-21)24(29)27-20-11-10-18(26)14-19(20)23(28)16-4-2-1-3-5-16/h1-14,23,28H,(H,27,29). The summed E-state index contributed by atoms with van der Waals surface area (Å²) in [7, 11) is 0. The molecule has 0 aliphatic rings. The monoisotopic (exact) mass is 437 g/mol. The van der Waals surface area contributed by atoms with Crippen LogP contribution in [0.2, 0.25) is 10.0 Å². The summed E-state index contributed by atoms with van der Waals surface area (Å²) in [5.74, 6) is 0.270. The van der Waals surface area contributed by atoms with E-state index in [4.69, 9.17) is 27.6 Å². The van der Waals surface area contributed by atoms with Crippen molar-refractivity contribution < 1.29 is 14.3 Å². The molecule has 0 fully saturated rings. The van der Waals surface area contributed by atoms with Gasteiger partial charge in [0.05, 0.1) is 0 Å². The van der Waals surface area contributed by atoms with E-state index in [2.05, 4.69) is 5.32 Å². The van der Waals surface area contributed by atoms with Crippen LogP contribution in [0.4, 0.5) is 5.69 Å². The fourth-order valence-corrected chi connectivity index (χ4v) is 3.41. The van der Waals surface area contributed by atoms with Crippen molar-refractivity contribution in [2.24, 2.45) is 0 Å². The van der Waals surface area contributed by atoms with Gasteiger partial charge in [-0.2, -0.15) is 0 Å². The lowest BCUT2D eigenvalue weighted by molar-refractivity contribution is 0.0997. The second-order valence-electron chi connectivity index (χ2n) is 6.67. The molecule has 1 amide bonds.